The highest BCUT2D eigenvalue weighted by molar-refractivity contribution is 7.19. The average molecular weight is 421 g/mol. The third-order valence-electron chi connectivity index (χ3n) is 4.58. The van der Waals surface area contributed by atoms with Gasteiger partial charge in [0.1, 0.15) is 9.84 Å². The maximum Gasteiger partial charge on any atom is 0.263 e. The van der Waals surface area contributed by atoms with Crippen molar-refractivity contribution in [1.82, 2.24) is 14.5 Å². The molecule has 0 saturated heterocycles. The molecule has 3 aromatic heterocycles. The Labute approximate surface area is 174 Å². The quantitative estimate of drug-likeness (QED) is 0.485. The van der Waals surface area contributed by atoms with Crippen molar-refractivity contribution in [2.24, 2.45) is 0 Å². The number of carbonyl (C=O) groups is 1. The highest BCUT2D eigenvalue weighted by Crippen LogP contribution is 2.35. The summed E-state index contributed by atoms with van der Waals surface area (Å²) in [6.07, 6.45) is 1.38. The van der Waals surface area contributed by atoms with Gasteiger partial charge in [0.2, 0.25) is 0 Å². The van der Waals surface area contributed by atoms with Crippen LogP contribution < -0.4 is 5.56 Å². The Bertz CT molecular complexity index is 1310. The normalized spacial score (nSPS) is 12.0. The zero-order valence-electron chi connectivity index (χ0n) is 15.7. The molecule has 1 aromatic carbocycles. The van der Waals surface area contributed by atoms with Crippen LogP contribution in [0, 0.1) is 25.2 Å². The largest absolute Gasteiger partial charge is 0.296 e. The Hall–Kier alpha value is -3.15. The number of aryl methyl sites for hydroxylation is 2. The first-order valence-corrected chi connectivity index (χ1v) is 10.6. The monoisotopic (exact) mass is 420 g/mol. The highest BCUT2D eigenvalue weighted by Gasteiger charge is 2.25. The van der Waals surface area contributed by atoms with Gasteiger partial charge in [-0.15, -0.1) is 22.7 Å². The molecule has 6 nitrogen and oxygen atoms in total. The molecule has 3 heterocycles. The number of Topliss-reactive ketones (excluding diaryl/α,β-unsaturated/α-hetero) is 1. The molecule has 0 spiro atoms. The second kappa shape index (κ2) is 7.70. The van der Waals surface area contributed by atoms with Crippen LogP contribution in [0.5, 0.6) is 0 Å². The number of carbonyl (C=O) groups excluding carboxylic acids is 1. The standard InChI is InChI=1S/C21H16N4O2S2/c1-12-10-28-19(24-12)15(8-22)16(26)9-25-11-23-20-18(21(25)27)17(13(2)29-20)14-6-4-3-5-7-14/h3-7,10-11,15H,9H2,1-2H3. The highest BCUT2D eigenvalue weighted by atomic mass is 32.1. The van der Waals surface area contributed by atoms with E-state index < -0.39 is 5.92 Å². The second-order valence-corrected chi connectivity index (χ2v) is 8.71. The third-order valence-corrected chi connectivity index (χ3v) is 6.62. The molecular formula is C21H16N4O2S2. The van der Waals surface area contributed by atoms with Crippen LogP contribution in [0.1, 0.15) is 21.5 Å². The van der Waals surface area contributed by atoms with Crippen molar-refractivity contribution >= 4 is 38.7 Å². The smallest absolute Gasteiger partial charge is 0.263 e. The molecule has 0 N–H and O–H groups in total. The molecule has 0 amide bonds. The Balaban J connectivity index is 1.76. The number of rotatable bonds is 5. The molecule has 0 aliphatic rings. The molecule has 1 unspecified atom stereocenters. The summed E-state index contributed by atoms with van der Waals surface area (Å²) in [5.74, 6) is -1.37. The van der Waals surface area contributed by atoms with E-state index >= 15 is 0 Å². The molecular weight excluding hydrogens is 404 g/mol. The predicted octanol–water partition coefficient (Wildman–Crippen LogP) is 4.07. The van der Waals surface area contributed by atoms with E-state index in [-0.39, 0.29) is 17.9 Å². The Morgan fingerprint density at radius 2 is 2.03 bits per heavy atom. The van der Waals surface area contributed by atoms with E-state index in [2.05, 4.69) is 9.97 Å². The van der Waals surface area contributed by atoms with Crippen molar-refractivity contribution in [1.29, 1.82) is 5.26 Å². The van der Waals surface area contributed by atoms with Crippen LogP contribution in [-0.4, -0.2) is 20.3 Å². The van der Waals surface area contributed by atoms with E-state index in [0.29, 0.717) is 15.2 Å². The topological polar surface area (TPSA) is 88.6 Å². The van der Waals surface area contributed by atoms with Crippen molar-refractivity contribution in [2.45, 2.75) is 26.3 Å². The van der Waals surface area contributed by atoms with Crippen molar-refractivity contribution in [3.8, 4) is 17.2 Å². The fourth-order valence-corrected chi connectivity index (χ4v) is 5.10. The fraction of sp³-hybridized carbons (Fsp3) is 0.190. The van der Waals surface area contributed by atoms with Gasteiger partial charge in [0.25, 0.3) is 5.56 Å². The molecule has 0 radical (unpaired) electrons. The number of thiophene rings is 1. The molecule has 0 saturated carbocycles. The van der Waals surface area contributed by atoms with Crippen molar-refractivity contribution in [3.63, 3.8) is 0 Å². The van der Waals surface area contributed by atoms with Gasteiger partial charge in [0, 0.05) is 21.5 Å². The third kappa shape index (κ3) is 3.50. The molecule has 0 aliphatic carbocycles. The first kappa shape index (κ1) is 19.2. The molecule has 1 atom stereocenters. The van der Waals surface area contributed by atoms with Crippen LogP contribution >= 0.6 is 22.7 Å². The number of ketones is 1. The molecule has 144 valence electrons. The fourth-order valence-electron chi connectivity index (χ4n) is 3.23. The first-order valence-electron chi connectivity index (χ1n) is 8.88. The molecule has 4 rings (SSSR count). The number of fused-ring (bicyclic) bond motifs is 1. The van der Waals surface area contributed by atoms with Crippen LogP contribution in [0.25, 0.3) is 21.3 Å². The van der Waals surface area contributed by atoms with Gasteiger partial charge in [-0.2, -0.15) is 5.26 Å². The van der Waals surface area contributed by atoms with Crippen molar-refractivity contribution in [2.75, 3.05) is 0 Å². The van der Waals surface area contributed by atoms with Crippen LogP contribution in [0.4, 0.5) is 0 Å². The van der Waals surface area contributed by atoms with Gasteiger partial charge in [0.15, 0.2) is 11.7 Å². The van der Waals surface area contributed by atoms with Crippen LogP contribution in [-0.2, 0) is 11.3 Å². The van der Waals surface area contributed by atoms with E-state index in [4.69, 9.17) is 0 Å². The van der Waals surface area contributed by atoms with Gasteiger partial charge in [-0.1, -0.05) is 30.3 Å². The lowest BCUT2D eigenvalue weighted by atomic mass is 10.0. The SMILES string of the molecule is Cc1csc(C(C#N)C(=O)Cn2cnc3sc(C)c(-c4ccccc4)c3c2=O)n1. The summed E-state index contributed by atoms with van der Waals surface area (Å²) in [7, 11) is 0. The number of thiazole rings is 1. The second-order valence-electron chi connectivity index (χ2n) is 6.61. The number of aromatic nitrogens is 3. The molecule has 0 bridgehead atoms. The number of nitrogens with zero attached hydrogens (tertiary/aromatic N) is 4. The number of hydrogen-bond donors (Lipinski definition) is 0. The van der Waals surface area contributed by atoms with Crippen molar-refractivity contribution < 1.29 is 4.79 Å². The summed E-state index contributed by atoms with van der Waals surface area (Å²) >= 11 is 2.73. The Morgan fingerprint density at radius 3 is 2.69 bits per heavy atom. The zero-order valence-corrected chi connectivity index (χ0v) is 17.4. The minimum absolute atomic E-state index is 0.220. The van der Waals surface area contributed by atoms with Gasteiger partial charge in [-0.25, -0.2) is 9.97 Å². The van der Waals surface area contributed by atoms with E-state index in [0.717, 1.165) is 21.7 Å². The van der Waals surface area contributed by atoms with E-state index in [9.17, 15) is 14.9 Å². The Kier molecular flexibility index (Phi) is 5.09. The van der Waals surface area contributed by atoms with E-state index in [1.165, 1.54) is 33.6 Å². The number of benzene rings is 1. The Morgan fingerprint density at radius 1 is 1.28 bits per heavy atom. The lowest BCUT2D eigenvalue weighted by Gasteiger charge is -2.08. The summed E-state index contributed by atoms with van der Waals surface area (Å²) < 4.78 is 1.29. The van der Waals surface area contributed by atoms with Gasteiger partial charge in [-0.3, -0.25) is 14.2 Å². The maximum atomic E-state index is 13.2. The number of hydrogen-bond acceptors (Lipinski definition) is 7. The van der Waals surface area contributed by atoms with Crippen molar-refractivity contribution in [3.05, 3.63) is 68.0 Å². The van der Waals surface area contributed by atoms with E-state index in [1.807, 2.05) is 50.2 Å². The van der Waals surface area contributed by atoms with Gasteiger partial charge in [0.05, 0.1) is 24.3 Å². The lowest BCUT2D eigenvalue weighted by Crippen LogP contribution is -2.27. The predicted molar refractivity (Wildman–Crippen MR) is 114 cm³/mol. The molecule has 0 aliphatic heterocycles. The first-order chi connectivity index (χ1) is 14.0. The van der Waals surface area contributed by atoms with Crippen LogP contribution in [0.15, 0.2) is 46.8 Å². The summed E-state index contributed by atoms with van der Waals surface area (Å²) in [4.78, 5) is 36.2. The summed E-state index contributed by atoms with van der Waals surface area (Å²) in [6.45, 7) is 3.55. The summed E-state index contributed by atoms with van der Waals surface area (Å²) in [5.41, 5.74) is 2.27. The number of nitriles is 1. The van der Waals surface area contributed by atoms with Crippen LogP contribution in [0.2, 0.25) is 0 Å². The molecule has 29 heavy (non-hydrogen) atoms. The van der Waals surface area contributed by atoms with Gasteiger partial charge >= 0.3 is 0 Å². The summed E-state index contributed by atoms with van der Waals surface area (Å²) in [6, 6.07) is 11.7. The summed E-state index contributed by atoms with van der Waals surface area (Å²) in [5, 5.41) is 12.2. The minimum Gasteiger partial charge on any atom is -0.296 e. The molecule has 4 aromatic rings. The van der Waals surface area contributed by atoms with Gasteiger partial charge < -0.3 is 0 Å². The molecule has 0 fully saturated rings. The average Bonchev–Trinajstić information content (AvgIpc) is 3.28. The maximum absolute atomic E-state index is 13.2. The minimum atomic E-state index is -0.992. The lowest BCUT2D eigenvalue weighted by molar-refractivity contribution is -0.120. The van der Waals surface area contributed by atoms with Crippen LogP contribution in [0.3, 0.4) is 0 Å². The molecule has 8 heteroatoms. The van der Waals surface area contributed by atoms with E-state index in [1.54, 1.807) is 5.38 Å². The zero-order chi connectivity index (χ0) is 20.5. The van der Waals surface area contributed by atoms with Gasteiger partial charge in [-0.05, 0) is 19.4 Å².